The van der Waals surface area contributed by atoms with E-state index in [2.05, 4.69) is 0 Å². The number of aliphatic hydroxyl groups excluding tert-OH is 1. The molecule has 0 saturated carbocycles. The summed E-state index contributed by atoms with van der Waals surface area (Å²) in [5.74, 6) is 1.95. The second-order valence-electron chi connectivity index (χ2n) is 4.53. The third-order valence-electron chi connectivity index (χ3n) is 3.39. The predicted molar refractivity (Wildman–Crippen MR) is 68.0 cm³/mol. The fourth-order valence-electron chi connectivity index (χ4n) is 2.20. The van der Waals surface area contributed by atoms with Crippen LogP contribution < -0.4 is 9.47 Å². The van der Waals surface area contributed by atoms with Gasteiger partial charge >= 0.3 is 0 Å². The molecule has 100 valence electrons. The summed E-state index contributed by atoms with van der Waals surface area (Å²) in [5.41, 5.74) is 0. The lowest BCUT2D eigenvalue weighted by atomic mass is 9.93. The zero-order chi connectivity index (χ0) is 12.8. The number of methoxy groups -OCH3 is 1. The minimum absolute atomic E-state index is 0.123. The topological polar surface area (TPSA) is 47.9 Å². The van der Waals surface area contributed by atoms with Crippen LogP contribution in [0.2, 0.25) is 0 Å². The van der Waals surface area contributed by atoms with Crippen molar-refractivity contribution < 1.29 is 19.3 Å². The molecule has 0 spiro atoms. The Morgan fingerprint density at radius 2 is 2.17 bits per heavy atom. The van der Waals surface area contributed by atoms with Gasteiger partial charge in [0.25, 0.3) is 0 Å². The van der Waals surface area contributed by atoms with Crippen LogP contribution in [-0.4, -0.2) is 38.6 Å². The van der Waals surface area contributed by atoms with E-state index in [0.717, 1.165) is 31.1 Å². The van der Waals surface area contributed by atoms with Gasteiger partial charge in [0.1, 0.15) is 0 Å². The summed E-state index contributed by atoms with van der Waals surface area (Å²) in [4.78, 5) is 0. The number of rotatable bonds is 6. The van der Waals surface area contributed by atoms with Crippen LogP contribution in [0.4, 0.5) is 0 Å². The van der Waals surface area contributed by atoms with Gasteiger partial charge in [0.05, 0.1) is 13.7 Å². The van der Waals surface area contributed by atoms with Crippen LogP contribution in [0, 0.1) is 11.8 Å². The average molecular weight is 252 g/mol. The van der Waals surface area contributed by atoms with Crippen molar-refractivity contribution in [3.63, 3.8) is 0 Å². The van der Waals surface area contributed by atoms with E-state index in [4.69, 9.17) is 14.2 Å². The van der Waals surface area contributed by atoms with Gasteiger partial charge in [-0.1, -0.05) is 12.1 Å². The van der Waals surface area contributed by atoms with Crippen LogP contribution in [0.5, 0.6) is 11.5 Å². The molecule has 0 aliphatic carbocycles. The zero-order valence-corrected chi connectivity index (χ0v) is 10.7. The Balaban J connectivity index is 1.92. The van der Waals surface area contributed by atoms with Gasteiger partial charge in [0, 0.05) is 25.7 Å². The Morgan fingerprint density at radius 3 is 2.78 bits per heavy atom. The molecule has 1 N–H and O–H groups in total. The molecule has 4 nitrogen and oxygen atoms in total. The molecule has 1 aromatic carbocycles. The lowest BCUT2D eigenvalue weighted by Gasteiger charge is -2.21. The highest BCUT2D eigenvalue weighted by Gasteiger charge is 2.26. The molecule has 2 atom stereocenters. The largest absolute Gasteiger partial charge is 0.493 e. The molecule has 1 aliphatic rings. The summed E-state index contributed by atoms with van der Waals surface area (Å²) < 4.78 is 16.3. The van der Waals surface area contributed by atoms with Crippen LogP contribution in [0.15, 0.2) is 24.3 Å². The van der Waals surface area contributed by atoms with Crippen molar-refractivity contribution in [2.45, 2.75) is 6.42 Å². The lowest BCUT2D eigenvalue weighted by Crippen LogP contribution is -2.25. The van der Waals surface area contributed by atoms with Crippen molar-refractivity contribution in [2.75, 3.05) is 33.5 Å². The highest BCUT2D eigenvalue weighted by Crippen LogP contribution is 2.28. The number of para-hydroxylation sites is 2. The molecule has 1 saturated heterocycles. The molecule has 0 amide bonds. The lowest BCUT2D eigenvalue weighted by molar-refractivity contribution is 0.101. The van der Waals surface area contributed by atoms with Gasteiger partial charge in [0.15, 0.2) is 11.5 Å². The van der Waals surface area contributed by atoms with Gasteiger partial charge in [-0.05, 0) is 24.5 Å². The van der Waals surface area contributed by atoms with Crippen molar-refractivity contribution in [3.8, 4) is 11.5 Å². The number of hydrogen-bond acceptors (Lipinski definition) is 4. The summed E-state index contributed by atoms with van der Waals surface area (Å²) in [6.45, 7) is 2.13. The third-order valence-corrected chi connectivity index (χ3v) is 3.39. The predicted octanol–water partition coefficient (Wildman–Crippen LogP) is 1.72. The molecule has 0 aromatic heterocycles. The van der Waals surface area contributed by atoms with Crippen LogP contribution in [0.25, 0.3) is 0 Å². The highest BCUT2D eigenvalue weighted by molar-refractivity contribution is 5.39. The molecule has 1 aliphatic heterocycles. The molecular weight excluding hydrogens is 232 g/mol. The van der Waals surface area contributed by atoms with E-state index in [9.17, 15) is 5.11 Å². The molecule has 18 heavy (non-hydrogen) atoms. The second-order valence-corrected chi connectivity index (χ2v) is 4.53. The van der Waals surface area contributed by atoms with Crippen LogP contribution in [-0.2, 0) is 4.74 Å². The molecule has 1 fully saturated rings. The highest BCUT2D eigenvalue weighted by atomic mass is 16.5. The standard InChI is InChI=1S/C14H20O4/c1-16-13-4-2-3-5-14(13)18-10-12(8-15)11-6-7-17-9-11/h2-5,11-12,15H,6-10H2,1H3. The van der Waals surface area contributed by atoms with E-state index in [-0.39, 0.29) is 12.5 Å². The average Bonchev–Trinajstić information content (AvgIpc) is 2.94. The number of benzene rings is 1. The molecule has 2 unspecified atom stereocenters. The van der Waals surface area contributed by atoms with Crippen molar-refractivity contribution in [1.82, 2.24) is 0 Å². The van der Waals surface area contributed by atoms with E-state index in [1.54, 1.807) is 7.11 Å². The zero-order valence-electron chi connectivity index (χ0n) is 10.7. The van der Waals surface area contributed by atoms with E-state index in [1.165, 1.54) is 0 Å². The van der Waals surface area contributed by atoms with Gasteiger partial charge < -0.3 is 19.3 Å². The van der Waals surface area contributed by atoms with Crippen molar-refractivity contribution >= 4 is 0 Å². The summed E-state index contributed by atoms with van der Waals surface area (Å²) in [6, 6.07) is 7.55. The van der Waals surface area contributed by atoms with E-state index in [1.807, 2.05) is 24.3 Å². The maximum absolute atomic E-state index is 9.42. The SMILES string of the molecule is COc1ccccc1OCC(CO)C1CCOC1. The van der Waals surface area contributed by atoms with Crippen molar-refractivity contribution in [2.24, 2.45) is 11.8 Å². The smallest absolute Gasteiger partial charge is 0.161 e. The molecule has 4 heteroatoms. The summed E-state index contributed by atoms with van der Waals surface area (Å²) in [7, 11) is 1.62. The van der Waals surface area contributed by atoms with Gasteiger partial charge in [-0.2, -0.15) is 0 Å². The van der Waals surface area contributed by atoms with E-state index >= 15 is 0 Å². The summed E-state index contributed by atoms with van der Waals surface area (Å²) in [6.07, 6.45) is 1.00. The first-order chi connectivity index (χ1) is 8.85. The molecule has 1 heterocycles. The molecule has 2 rings (SSSR count). The minimum Gasteiger partial charge on any atom is -0.493 e. The van der Waals surface area contributed by atoms with Gasteiger partial charge in [-0.15, -0.1) is 0 Å². The Hall–Kier alpha value is -1.26. The van der Waals surface area contributed by atoms with Crippen molar-refractivity contribution in [3.05, 3.63) is 24.3 Å². The first kappa shape index (κ1) is 13.2. The first-order valence-corrected chi connectivity index (χ1v) is 6.29. The molecule has 0 bridgehead atoms. The van der Waals surface area contributed by atoms with Crippen LogP contribution in [0.1, 0.15) is 6.42 Å². The Kier molecular flexibility index (Phi) is 4.84. The summed E-state index contributed by atoms with van der Waals surface area (Å²) >= 11 is 0. The number of aliphatic hydroxyl groups is 1. The van der Waals surface area contributed by atoms with Gasteiger partial charge in [0.2, 0.25) is 0 Å². The first-order valence-electron chi connectivity index (χ1n) is 6.29. The van der Waals surface area contributed by atoms with Crippen LogP contribution >= 0.6 is 0 Å². The minimum atomic E-state index is 0.123. The number of ether oxygens (including phenoxy) is 3. The molecule has 0 radical (unpaired) electrons. The fourth-order valence-corrected chi connectivity index (χ4v) is 2.20. The summed E-state index contributed by atoms with van der Waals surface area (Å²) in [5, 5.41) is 9.42. The maximum atomic E-state index is 9.42. The quantitative estimate of drug-likeness (QED) is 0.837. The Morgan fingerprint density at radius 1 is 1.39 bits per heavy atom. The second kappa shape index (κ2) is 6.61. The van der Waals surface area contributed by atoms with E-state index < -0.39 is 0 Å². The van der Waals surface area contributed by atoms with Gasteiger partial charge in [-0.3, -0.25) is 0 Å². The third kappa shape index (κ3) is 3.15. The monoisotopic (exact) mass is 252 g/mol. The molecule has 1 aromatic rings. The van der Waals surface area contributed by atoms with Gasteiger partial charge in [-0.25, -0.2) is 0 Å². The molecular formula is C14H20O4. The Labute approximate surface area is 107 Å². The van der Waals surface area contributed by atoms with Crippen LogP contribution in [0.3, 0.4) is 0 Å². The van der Waals surface area contributed by atoms with Crippen molar-refractivity contribution in [1.29, 1.82) is 0 Å². The number of hydrogen-bond donors (Lipinski definition) is 1. The maximum Gasteiger partial charge on any atom is 0.161 e. The van der Waals surface area contributed by atoms with E-state index in [0.29, 0.717) is 12.5 Å². The Bertz CT molecular complexity index is 361. The fraction of sp³-hybridized carbons (Fsp3) is 0.571. The normalized spacial score (nSPS) is 20.7.